The van der Waals surface area contributed by atoms with Crippen LogP contribution in [0.5, 0.6) is 0 Å². The Balaban J connectivity index is 5.17. The molecule has 0 aromatic heterocycles. The summed E-state index contributed by atoms with van der Waals surface area (Å²) in [6, 6.07) is -4.84. The molecule has 0 spiro atoms. The van der Waals surface area contributed by atoms with Crippen molar-refractivity contribution in [3.63, 3.8) is 0 Å². The molecular weight excluding hydrogens is 444 g/mol. The van der Waals surface area contributed by atoms with E-state index < -0.39 is 60.4 Å². The second-order valence-electron chi connectivity index (χ2n) is 7.65. The number of rotatable bonds is 16. The van der Waals surface area contributed by atoms with Gasteiger partial charge in [0.25, 0.3) is 0 Å². The molecule has 0 aliphatic carbocycles. The van der Waals surface area contributed by atoms with Gasteiger partial charge in [-0.05, 0) is 37.2 Å². The fourth-order valence-corrected chi connectivity index (χ4v) is 3.10. The highest BCUT2D eigenvalue weighted by atomic mass is 32.2. The van der Waals surface area contributed by atoms with E-state index in [0.717, 1.165) is 0 Å². The van der Waals surface area contributed by atoms with Crippen LogP contribution in [0.1, 0.15) is 39.5 Å². The van der Waals surface area contributed by atoms with E-state index in [1.165, 1.54) is 11.8 Å². The predicted octanol–water partition coefficient (Wildman–Crippen LogP) is -1.49. The number of thioether (sulfide) groups is 1. The third-order valence-corrected chi connectivity index (χ3v) is 5.03. The van der Waals surface area contributed by atoms with Crippen LogP contribution in [-0.4, -0.2) is 87.8 Å². The highest BCUT2D eigenvalue weighted by Gasteiger charge is 2.30. The van der Waals surface area contributed by atoms with Gasteiger partial charge in [0.1, 0.15) is 18.1 Å². The summed E-state index contributed by atoms with van der Waals surface area (Å²) in [5.74, 6) is -4.25. The normalized spacial score (nSPS) is 14.7. The van der Waals surface area contributed by atoms with Crippen molar-refractivity contribution in [1.29, 1.82) is 0 Å². The number of carboxylic acids is 2. The number of aliphatic carboxylic acids is 2. The smallest absolute Gasteiger partial charge is 0.326 e. The summed E-state index contributed by atoms with van der Waals surface area (Å²) >= 11 is 1.41. The van der Waals surface area contributed by atoms with Crippen molar-refractivity contribution in [3.8, 4) is 0 Å². The lowest BCUT2D eigenvalue weighted by Crippen LogP contribution is -2.58. The van der Waals surface area contributed by atoms with Crippen LogP contribution in [0.25, 0.3) is 0 Å². The lowest BCUT2D eigenvalue weighted by Gasteiger charge is -2.24. The fraction of sp³-hybridized carbons (Fsp3) is 0.737. The van der Waals surface area contributed by atoms with Crippen molar-refractivity contribution < 1.29 is 39.3 Å². The van der Waals surface area contributed by atoms with Gasteiger partial charge in [0.15, 0.2) is 0 Å². The van der Waals surface area contributed by atoms with E-state index >= 15 is 0 Å². The van der Waals surface area contributed by atoms with E-state index in [4.69, 9.17) is 10.8 Å². The summed E-state index contributed by atoms with van der Waals surface area (Å²) in [7, 11) is 0. The van der Waals surface area contributed by atoms with Crippen LogP contribution in [0, 0.1) is 5.92 Å². The SMILES string of the molecule is CSCCC(NC(=O)C(N)CCC(=O)O)C(=O)NC(CO)C(=O)NC(CC(C)C)C(=O)O. The first kappa shape index (κ1) is 29.6. The molecule has 8 N–H and O–H groups in total. The van der Waals surface area contributed by atoms with Crippen molar-refractivity contribution in [2.75, 3.05) is 18.6 Å². The predicted molar refractivity (Wildman–Crippen MR) is 118 cm³/mol. The first-order valence-electron chi connectivity index (χ1n) is 10.1. The monoisotopic (exact) mass is 478 g/mol. The van der Waals surface area contributed by atoms with E-state index in [0.29, 0.717) is 5.75 Å². The molecule has 0 radical (unpaired) electrons. The van der Waals surface area contributed by atoms with E-state index in [-0.39, 0.29) is 31.6 Å². The third kappa shape index (κ3) is 11.9. The minimum absolute atomic E-state index is 0.0185. The van der Waals surface area contributed by atoms with Crippen LogP contribution in [0.4, 0.5) is 0 Å². The average Bonchev–Trinajstić information content (AvgIpc) is 2.71. The number of nitrogens with two attached hydrogens (primary N) is 1. The van der Waals surface area contributed by atoms with Gasteiger partial charge in [-0.3, -0.25) is 19.2 Å². The van der Waals surface area contributed by atoms with E-state index in [9.17, 15) is 34.2 Å². The Morgan fingerprint density at radius 2 is 1.41 bits per heavy atom. The molecule has 0 aromatic carbocycles. The maximum absolute atomic E-state index is 12.7. The highest BCUT2D eigenvalue weighted by molar-refractivity contribution is 7.98. The molecular formula is C19H34N4O8S. The Labute approximate surface area is 191 Å². The molecule has 0 fully saturated rings. The number of carbonyl (C=O) groups excluding carboxylic acids is 3. The van der Waals surface area contributed by atoms with E-state index in [1.54, 1.807) is 20.1 Å². The maximum atomic E-state index is 12.7. The molecule has 4 atom stereocenters. The van der Waals surface area contributed by atoms with Crippen molar-refractivity contribution in [2.24, 2.45) is 11.7 Å². The van der Waals surface area contributed by atoms with E-state index in [1.807, 2.05) is 0 Å². The molecule has 13 heteroatoms. The Morgan fingerprint density at radius 1 is 0.875 bits per heavy atom. The molecule has 0 aliphatic rings. The van der Waals surface area contributed by atoms with Crippen molar-refractivity contribution in [1.82, 2.24) is 16.0 Å². The zero-order chi connectivity index (χ0) is 24.8. The van der Waals surface area contributed by atoms with Gasteiger partial charge in [0, 0.05) is 6.42 Å². The largest absolute Gasteiger partial charge is 0.481 e. The standard InChI is InChI=1S/C19H34N4O8S/c1-10(2)8-13(19(30)31)22-18(29)14(9-24)23-17(28)12(6-7-32-3)21-16(27)11(20)4-5-15(25)26/h10-14,24H,4-9,20H2,1-3H3,(H,21,27)(H,22,29)(H,23,28)(H,25,26)(H,30,31). The van der Waals surface area contributed by atoms with Crippen molar-refractivity contribution in [2.45, 2.75) is 63.7 Å². The first-order valence-corrected chi connectivity index (χ1v) is 11.5. The van der Waals surface area contributed by atoms with Gasteiger partial charge < -0.3 is 37.0 Å². The summed E-state index contributed by atoms with van der Waals surface area (Å²) in [6.45, 7) is 2.79. The van der Waals surface area contributed by atoms with Crippen LogP contribution in [0.15, 0.2) is 0 Å². The van der Waals surface area contributed by atoms with Crippen LogP contribution in [0.2, 0.25) is 0 Å². The quantitative estimate of drug-likeness (QED) is 0.137. The number of hydrogen-bond donors (Lipinski definition) is 7. The lowest BCUT2D eigenvalue weighted by molar-refractivity contribution is -0.143. The molecule has 32 heavy (non-hydrogen) atoms. The topological polar surface area (TPSA) is 208 Å². The Bertz CT molecular complexity index is 661. The Kier molecular flexibility index (Phi) is 14.3. The fourth-order valence-electron chi connectivity index (χ4n) is 2.62. The van der Waals surface area contributed by atoms with Gasteiger partial charge in [-0.2, -0.15) is 11.8 Å². The molecule has 4 unspecified atom stereocenters. The highest BCUT2D eigenvalue weighted by Crippen LogP contribution is 2.06. The lowest BCUT2D eigenvalue weighted by atomic mass is 10.0. The molecule has 0 aliphatic heterocycles. The molecule has 0 heterocycles. The number of carboxylic acid groups (broad SMARTS) is 2. The Hall–Kier alpha value is -2.38. The minimum Gasteiger partial charge on any atom is -0.481 e. The van der Waals surface area contributed by atoms with Gasteiger partial charge >= 0.3 is 11.9 Å². The molecule has 12 nitrogen and oxygen atoms in total. The molecule has 184 valence electrons. The number of carbonyl (C=O) groups is 5. The summed E-state index contributed by atoms with van der Waals surface area (Å²) in [5.41, 5.74) is 5.67. The number of aliphatic hydroxyl groups excluding tert-OH is 1. The molecule has 0 aromatic rings. The number of amides is 3. The molecule has 0 rings (SSSR count). The second-order valence-corrected chi connectivity index (χ2v) is 8.64. The number of aliphatic hydroxyl groups is 1. The number of nitrogens with one attached hydrogen (secondary N) is 3. The minimum atomic E-state index is -1.43. The molecule has 3 amide bonds. The van der Waals surface area contributed by atoms with Crippen molar-refractivity contribution in [3.05, 3.63) is 0 Å². The maximum Gasteiger partial charge on any atom is 0.326 e. The third-order valence-electron chi connectivity index (χ3n) is 4.39. The van der Waals surface area contributed by atoms with Gasteiger partial charge in [0.2, 0.25) is 17.7 Å². The zero-order valence-electron chi connectivity index (χ0n) is 18.5. The van der Waals surface area contributed by atoms with Gasteiger partial charge in [-0.15, -0.1) is 0 Å². The van der Waals surface area contributed by atoms with Crippen molar-refractivity contribution >= 4 is 41.4 Å². The van der Waals surface area contributed by atoms with Crippen LogP contribution < -0.4 is 21.7 Å². The van der Waals surface area contributed by atoms with Crippen LogP contribution in [0.3, 0.4) is 0 Å². The first-order chi connectivity index (χ1) is 14.9. The Morgan fingerprint density at radius 3 is 1.88 bits per heavy atom. The summed E-state index contributed by atoms with van der Waals surface area (Å²) in [5, 5.41) is 34.5. The summed E-state index contributed by atoms with van der Waals surface area (Å²) < 4.78 is 0. The molecule has 0 saturated heterocycles. The molecule has 0 bridgehead atoms. The van der Waals surface area contributed by atoms with Gasteiger partial charge in [-0.25, -0.2) is 4.79 Å². The van der Waals surface area contributed by atoms with Crippen LogP contribution in [-0.2, 0) is 24.0 Å². The van der Waals surface area contributed by atoms with Gasteiger partial charge in [-0.1, -0.05) is 13.8 Å². The summed E-state index contributed by atoms with van der Waals surface area (Å²) in [4.78, 5) is 59.3. The van der Waals surface area contributed by atoms with E-state index in [2.05, 4.69) is 16.0 Å². The zero-order valence-corrected chi connectivity index (χ0v) is 19.3. The second kappa shape index (κ2) is 15.4. The van der Waals surface area contributed by atoms with Gasteiger partial charge in [0.05, 0.1) is 12.6 Å². The number of hydrogen-bond acceptors (Lipinski definition) is 8. The van der Waals surface area contributed by atoms with Crippen LogP contribution >= 0.6 is 11.8 Å². The summed E-state index contributed by atoms with van der Waals surface area (Å²) in [6.07, 6.45) is 1.71. The molecule has 0 saturated carbocycles. The average molecular weight is 479 g/mol.